The van der Waals surface area contributed by atoms with E-state index in [9.17, 15) is 0 Å². The highest BCUT2D eigenvalue weighted by atomic mass is 16.5. The molecule has 0 aromatic heterocycles. The van der Waals surface area contributed by atoms with E-state index >= 15 is 0 Å². The summed E-state index contributed by atoms with van der Waals surface area (Å²) in [7, 11) is 0. The first-order chi connectivity index (χ1) is 6.10. The molecular weight excluding hydrogens is 162 g/mol. The van der Waals surface area contributed by atoms with E-state index in [-0.39, 0.29) is 6.04 Å². The molecule has 0 aliphatic heterocycles. The smallest absolute Gasteiger partial charge is 0.115 e. The molecule has 0 aromatic rings. The molecule has 0 bridgehead atoms. The molecule has 1 atom stereocenters. The van der Waals surface area contributed by atoms with Gasteiger partial charge in [0.2, 0.25) is 0 Å². The molecule has 0 aliphatic carbocycles. The zero-order valence-corrected chi connectivity index (χ0v) is 8.71. The number of hydrogen-bond acceptors (Lipinski definition) is 2. The Hall–Kier alpha value is -1.02. The summed E-state index contributed by atoms with van der Waals surface area (Å²) in [6.07, 6.45) is 5.64. The first-order valence-electron chi connectivity index (χ1n) is 4.45. The van der Waals surface area contributed by atoms with Crippen molar-refractivity contribution in [2.45, 2.75) is 26.8 Å². The lowest BCUT2D eigenvalue weighted by Gasteiger charge is -2.09. The second-order valence-corrected chi connectivity index (χ2v) is 3.07. The monoisotopic (exact) mass is 181 g/mol. The molecule has 0 spiro atoms. The first-order valence-corrected chi connectivity index (χ1v) is 4.45. The van der Waals surface area contributed by atoms with Crippen LogP contribution in [-0.4, -0.2) is 12.6 Å². The number of nitrogens with two attached hydrogens (primary N) is 1. The van der Waals surface area contributed by atoms with Gasteiger partial charge in [-0.05, 0) is 38.5 Å². The number of rotatable bonds is 5. The lowest BCUT2D eigenvalue weighted by Crippen LogP contribution is -2.21. The standard InChI is InChI=1S/C11H19NO/c1-5-9(3)7-11(6-2)13-8-10(4)12/h5-7,10H,1,8,12H2,2-4H3/b9-7-,11-6+. The first kappa shape index (κ1) is 12.0. The quantitative estimate of drug-likeness (QED) is 0.522. The van der Waals surface area contributed by atoms with Crippen molar-refractivity contribution in [2.75, 3.05) is 6.61 Å². The average molecular weight is 181 g/mol. The molecule has 2 nitrogen and oxygen atoms in total. The summed E-state index contributed by atoms with van der Waals surface area (Å²) in [5.41, 5.74) is 6.65. The summed E-state index contributed by atoms with van der Waals surface area (Å²) < 4.78 is 5.44. The second kappa shape index (κ2) is 6.49. The summed E-state index contributed by atoms with van der Waals surface area (Å²) in [6.45, 7) is 10.0. The van der Waals surface area contributed by atoms with Gasteiger partial charge in [-0.1, -0.05) is 12.7 Å². The third-order valence-corrected chi connectivity index (χ3v) is 1.49. The predicted molar refractivity (Wildman–Crippen MR) is 57.3 cm³/mol. The second-order valence-electron chi connectivity index (χ2n) is 3.07. The van der Waals surface area contributed by atoms with Crippen LogP contribution in [0.2, 0.25) is 0 Å². The Morgan fingerprint density at radius 3 is 2.62 bits per heavy atom. The zero-order chi connectivity index (χ0) is 10.3. The van der Waals surface area contributed by atoms with Crippen LogP contribution in [0.15, 0.2) is 36.1 Å². The van der Waals surface area contributed by atoms with Crippen LogP contribution in [0.4, 0.5) is 0 Å². The Labute approximate surface area is 80.8 Å². The van der Waals surface area contributed by atoms with Crippen molar-refractivity contribution in [2.24, 2.45) is 5.73 Å². The Morgan fingerprint density at radius 2 is 2.23 bits per heavy atom. The van der Waals surface area contributed by atoms with Gasteiger partial charge in [-0.25, -0.2) is 0 Å². The van der Waals surface area contributed by atoms with E-state index < -0.39 is 0 Å². The minimum Gasteiger partial charge on any atom is -0.492 e. The van der Waals surface area contributed by atoms with Crippen molar-refractivity contribution in [1.82, 2.24) is 0 Å². The summed E-state index contributed by atoms with van der Waals surface area (Å²) in [4.78, 5) is 0. The van der Waals surface area contributed by atoms with Crippen LogP contribution in [0.5, 0.6) is 0 Å². The fourth-order valence-electron chi connectivity index (χ4n) is 0.719. The van der Waals surface area contributed by atoms with E-state index in [1.807, 2.05) is 32.9 Å². The van der Waals surface area contributed by atoms with Crippen LogP contribution in [0, 0.1) is 0 Å². The van der Waals surface area contributed by atoms with Crippen LogP contribution in [-0.2, 0) is 4.74 Å². The highest BCUT2D eigenvalue weighted by Crippen LogP contribution is 2.05. The van der Waals surface area contributed by atoms with Crippen LogP contribution in [0.1, 0.15) is 20.8 Å². The maximum atomic E-state index is 5.57. The SMILES string of the molecule is C=C/C(C)=C\C(=C/C)OCC(C)N. The van der Waals surface area contributed by atoms with Crippen LogP contribution in [0.25, 0.3) is 0 Å². The van der Waals surface area contributed by atoms with E-state index in [0.717, 1.165) is 11.3 Å². The van der Waals surface area contributed by atoms with Gasteiger partial charge in [-0.3, -0.25) is 0 Å². The third-order valence-electron chi connectivity index (χ3n) is 1.49. The van der Waals surface area contributed by atoms with Crippen molar-refractivity contribution in [3.05, 3.63) is 36.1 Å². The molecule has 13 heavy (non-hydrogen) atoms. The maximum absolute atomic E-state index is 5.57. The normalized spacial score (nSPS) is 15.4. The van der Waals surface area contributed by atoms with Crippen molar-refractivity contribution in [3.63, 3.8) is 0 Å². The maximum Gasteiger partial charge on any atom is 0.115 e. The van der Waals surface area contributed by atoms with Gasteiger partial charge in [0.05, 0.1) is 0 Å². The van der Waals surface area contributed by atoms with E-state index in [1.54, 1.807) is 6.08 Å². The minimum absolute atomic E-state index is 0.0624. The van der Waals surface area contributed by atoms with Crippen molar-refractivity contribution in [3.8, 4) is 0 Å². The molecule has 0 fully saturated rings. The van der Waals surface area contributed by atoms with Crippen LogP contribution >= 0.6 is 0 Å². The van der Waals surface area contributed by atoms with Crippen LogP contribution in [0.3, 0.4) is 0 Å². The molecule has 0 heterocycles. The fourth-order valence-corrected chi connectivity index (χ4v) is 0.719. The van der Waals surface area contributed by atoms with Gasteiger partial charge in [-0.2, -0.15) is 0 Å². The topological polar surface area (TPSA) is 35.2 Å². The molecule has 0 rings (SSSR count). The van der Waals surface area contributed by atoms with E-state index in [2.05, 4.69) is 6.58 Å². The lowest BCUT2D eigenvalue weighted by atomic mass is 10.2. The van der Waals surface area contributed by atoms with Gasteiger partial charge < -0.3 is 10.5 Å². The fraction of sp³-hybridized carbons (Fsp3) is 0.455. The van der Waals surface area contributed by atoms with Gasteiger partial charge in [0.25, 0.3) is 0 Å². The van der Waals surface area contributed by atoms with Crippen molar-refractivity contribution in [1.29, 1.82) is 0 Å². The van der Waals surface area contributed by atoms with E-state index in [4.69, 9.17) is 10.5 Å². The Balaban J connectivity index is 4.14. The summed E-state index contributed by atoms with van der Waals surface area (Å²) in [5.74, 6) is 0.842. The highest BCUT2D eigenvalue weighted by Gasteiger charge is 1.96. The molecule has 0 aliphatic rings. The highest BCUT2D eigenvalue weighted by molar-refractivity contribution is 5.23. The van der Waals surface area contributed by atoms with E-state index in [0.29, 0.717) is 6.61 Å². The number of allylic oxidation sites excluding steroid dienone is 4. The number of ether oxygens (including phenoxy) is 1. The van der Waals surface area contributed by atoms with Gasteiger partial charge in [0.15, 0.2) is 0 Å². The Morgan fingerprint density at radius 1 is 1.62 bits per heavy atom. The Kier molecular flexibility index (Phi) is 5.98. The molecule has 0 amide bonds. The van der Waals surface area contributed by atoms with Gasteiger partial charge >= 0.3 is 0 Å². The molecule has 74 valence electrons. The molecular formula is C11H19NO. The number of hydrogen-bond donors (Lipinski definition) is 1. The largest absolute Gasteiger partial charge is 0.492 e. The third kappa shape index (κ3) is 6.17. The van der Waals surface area contributed by atoms with Crippen molar-refractivity contribution < 1.29 is 4.74 Å². The van der Waals surface area contributed by atoms with Crippen molar-refractivity contribution >= 4 is 0 Å². The van der Waals surface area contributed by atoms with Gasteiger partial charge in [0, 0.05) is 6.04 Å². The van der Waals surface area contributed by atoms with Crippen LogP contribution < -0.4 is 5.73 Å². The molecule has 1 unspecified atom stereocenters. The lowest BCUT2D eigenvalue weighted by molar-refractivity contribution is 0.209. The summed E-state index contributed by atoms with van der Waals surface area (Å²) in [6, 6.07) is 0.0624. The Bertz CT molecular complexity index is 214. The molecule has 0 radical (unpaired) electrons. The predicted octanol–water partition coefficient (Wildman–Crippen LogP) is 2.39. The minimum atomic E-state index is 0.0624. The molecule has 0 saturated heterocycles. The van der Waals surface area contributed by atoms with Gasteiger partial charge in [-0.15, -0.1) is 0 Å². The summed E-state index contributed by atoms with van der Waals surface area (Å²) >= 11 is 0. The van der Waals surface area contributed by atoms with E-state index in [1.165, 1.54) is 0 Å². The molecule has 0 saturated carbocycles. The molecule has 0 aromatic carbocycles. The van der Waals surface area contributed by atoms with Gasteiger partial charge in [0.1, 0.15) is 12.4 Å². The molecule has 2 N–H and O–H groups in total. The molecule has 2 heteroatoms. The summed E-state index contributed by atoms with van der Waals surface area (Å²) in [5, 5.41) is 0. The average Bonchev–Trinajstić information content (AvgIpc) is 2.11. The zero-order valence-electron chi connectivity index (χ0n) is 8.71.